The maximum Gasteiger partial charge on any atom is 0.412 e. The third-order valence-electron chi connectivity index (χ3n) is 5.03. The number of benzene rings is 2. The van der Waals surface area contributed by atoms with Gasteiger partial charge in [0.2, 0.25) is 5.91 Å². The summed E-state index contributed by atoms with van der Waals surface area (Å²) in [6, 6.07) is 7.27. The van der Waals surface area contributed by atoms with Gasteiger partial charge < -0.3 is 9.84 Å². The number of anilines is 1. The fourth-order valence-electron chi connectivity index (χ4n) is 3.59. The van der Waals surface area contributed by atoms with E-state index in [1.54, 1.807) is 0 Å². The molecule has 0 aliphatic carbocycles. The van der Waals surface area contributed by atoms with Gasteiger partial charge in [-0.05, 0) is 23.4 Å². The molecule has 0 aromatic heterocycles. The number of nitro groups is 1. The molecule has 1 spiro atoms. The zero-order chi connectivity index (χ0) is 22.3. The van der Waals surface area contributed by atoms with Crippen LogP contribution in [0.1, 0.15) is 17.5 Å². The molecule has 12 heteroatoms. The van der Waals surface area contributed by atoms with Crippen molar-refractivity contribution in [2.75, 3.05) is 11.5 Å². The monoisotopic (exact) mass is 447 g/mol. The number of amides is 3. The van der Waals surface area contributed by atoms with Crippen molar-refractivity contribution < 1.29 is 33.5 Å². The Kier molecular flexibility index (Phi) is 5.01. The number of hydrogen-bond donors (Lipinski definition) is 2. The van der Waals surface area contributed by atoms with Gasteiger partial charge in [-0.25, -0.2) is 9.18 Å². The Balaban J connectivity index is 1.78. The largest absolute Gasteiger partial charge is 0.491 e. The van der Waals surface area contributed by atoms with E-state index in [-0.39, 0.29) is 42.3 Å². The molecule has 31 heavy (non-hydrogen) atoms. The molecule has 0 radical (unpaired) electrons. The number of nitrogens with zero attached hydrogens (tertiary/aromatic N) is 2. The van der Waals surface area contributed by atoms with E-state index in [2.05, 4.69) is 5.32 Å². The number of fused-ring (bicyclic) bond motifs is 2. The smallest absolute Gasteiger partial charge is 0.412 e. The van der Waals surface area contributed by atoms with Crippen LogP contribution in [0, 0.1) is 15.9 Å². The van der Waals surface area contributed by atoms with Gasteiger partial charge in [-0.1, -0.05) is 12.1 Å². The third kappa shape index (κ3) is 3.54. The van der Waals surface area contributed by atoms with E-state index in [4.69, 9.17) is 4.74 Å². The quantitative estimate of drug-likeness (QED) is 0.537. The average Bonchev–Trinajstić information content (AvgIpc) is 3.00. The van der Waals surface area contributed by atoms with E-state index in [0.29, 0.717) is 17.3 Å². The SMILES string of the molecule is O=C1NC(=O)C2(CCOc3c(N(Cc4ccc([N+](=O)[O-])cc4)C(=O)O)cc(F)cc32)S1. The molecule has 2 aliphatic heterocycles. The van der Waals surface area contributed by atoms with E-state index in [9.17, 15) is 34.0 Å². The summed E-state index contributed by atoms with van der Waals surface area (Å²) in [6.07, 6.45) is -1.31. The van der Waals surface area contributed by atoms with Crippen LogP contribution in [0.2, 0.25) is 0 Å². The molecule has 0 saturated carbocycles. The number of nitro benzene ring substituents is 1. The summed E-state index contributed by atoms with van der Waals surface area (Å²) in [5.74, 6) is -1.42. The lowest BCUT2D eigenvalue weighted by atomic mass is 9.90. The number of ether oxygens (including phenoxy) is 1. The number of hydrogen-bond acceptors (Lipinski definition) is 7. The summed E-state index contributed by atoms with van der Waals surface area (Å²) in [5.41, 5.74) is 0.206. The summed E-state index contributed by atoms with van der Waals surface area (Å²) in [6.45, 7) is -0.234. The number of rotatable bonds is 4. The van der Waals surface area contributed by atoms with Crippen molar-refractivity contribution in [3.8, 4) is 5.75 Å². The van der Waals surface area contributed by atoms with Gasteiger partial charge in [-0.15, -0.1) is 0 Å². The summed E-state index contributed by atoms with van der Waals surface area (Å²) in [4.78, 5) is 47.4. The van der Waals surface area contributed by atoms with Gasteiger partial charge in [0.1, 0.15) is 16.3 Å². The second-order valence-corrected chi connectivity index (χ2v) is 8.13. The van der Waals surface area contributed by atoms with Gasteiger partial charge in [0.15, 0.2) is 0 Å². The van der Waals surface area contributed by atoms with Crippen LogP contribution in [0.15, 0.2) is 36.4 Å². The second kappa shape index (κ2) is 7.54. The molecule has 1 atom stereocenters. The van der Waals surface area contributed by atoms with E-state index in [1.807, 2.05) is 0 Å². The van der Waals surface area contributed by atoms with Crippen LogP contribution >= 0.6 is 11.8 Å². The zero-order valence-electron chi connectivity index (χ0n) is 15.7. The molecule has 4 rings (SSSR count). The van der Waals surface area contributed by atoms with E-state index >= 15 is 0 Å². The lowest BCUT2D eigenvalue weighted by Gasteiger charge is -2.34. The molecule has 2 heterocycles. The molecule has 0 bridgehead atoms. The number of carbonyl (C=O) groups excluding carboxylic acids is 2. The minimum atomic E-state index is -1.42. The zero-order valence-corrected chi connectivity index (χ0v) is 16.5. The summed E-state index contributed by atoms with van der Waals surface area (Å²) < 4.78 is 18.8. The molecular weight excluding hydrogens is 433 g/mol. The van der Waals surface area contributed by atoms with Crippen molar-refractivity contribution in [2.24, 2.45) is 0 Å². The lowest BCUT2D eigenvalue weighted by molar-refractivity contribution is -0.384. The molecule has 2 N–H and O–H groups in total. The van der Waals surface area contributed by atoms with Gasteiger partial charge in [0, 0.05) is 30.2 Å². The van der Waals surface area contributed by atoms with Crippen molar-refractivity contribution in [1.82, 2.24) is 5.32 Å². The lowest BCUT2D eigenvalue weighted by Crippen LogP contribution is -2.39. The minimum Gasteiger partial charge on any atom is -0.491 e. The molecule has 2 aliphatic rings. The summed E-state index contributed by atoms with van der Waals surface area (Å²) >= 11 is 0.709. The minimum absolute atomic E-state index is 0.00527. The highest BCUT2D eigenvalue weighted by Crippen LogP contribution is 2.53. The Morgan fingerprint density at radius 3 is 2.61 bits per heavy atom. The fourth-order valence-corrected chi connectivity index (χ4v) is 4.64. The molecule has 3 amide bonds. The van der Waals surface area contributed by atoms with Crippen LogP contribution in [0.25, 0.3) is 0 Å². The standard InChI is InChI=1S/C19H14FN3O7S/c20-11-7-13-15(30-6-5-19(13)16(24)21-17(25)31-19)14(8-11)22(18(26)27)9-10-1-3-12(4-2-10)23(28)29/h1-4,7-8H,5-6,9H2,(H,26,27)(H,21,24,25). The number of imide groups is 1. The van der Waals surface area contributed by atoms with E-state index in [1.165, 1.54) is 24.3 Å². The van der Waals surface area contributed by atoms with Crippen LogP contribution in [0.5, 0.6) is 5.75 Å². The van der Waals surface area contributed by atoms with Crippen LogP contribution in [-0.2, 0) is 16.1 Å². The predicted octanol–water partition coefficient (Wildman–Crippen LogP) is 3.38. The van der Waals surface area contributed by atoms with Gasteiger partial charge in [0.25, 0.3) is 10.9 Å². The molecular formula is C19H14FN3O7S. The summed E-state index contributed by atoms with van der Waals surface area (Å²) in [5, 5.41) is 22.2. The molecule has 2 aromatic rings. The van der Waals surface area contributed by atoms with Crippen molar-refractivity contribution in [3.05, 3.63) is 63.5 Å². The Morgan fingerprint density at radius 2 is 2.03 bits per heavy atom. The van der Waals surface area contributed by atoms with Crippen LogP contribution in [-0.4, -0.2) is 33.9 Å². The van der Waals surface area contributed by atoms with Crippen molar-refractivity contribution in [2.45, 2.75) is 17.7 Å². The first kappa shape index (κ1) is 20.6. The van der Waals surface area contributed by atoms with E-state index < -0.39 is 32.7 Å². The average molecular weight is 447 g/mol. The molecule has 1 saturated heterocycles. The van der Waals surface area contributed by atoms with Crippen molar-refractivity contribution in [1.29, 1.82) is 0 Å². The highest BCUT2D eigenvalue weighted by atomic mass is 32.2. The Labute approximate surface area is 178 Å². The Bertz CT molecular complexity index is 1120. The van der Waals surface area contributed by atoms with Crippen molar-refractivity contribution in [3.63, 3.8) is 0 Å². The number of thioether (sulfide) groups is 1. The first-order valence-electron chi connectivity index (χ1n) is 8.96. The third-order valence-corrected chi connectivity index (χ3v) is 6.27. The maximum atomic E-state index is 14.5. The topological polar surface area (TPSA) is 139 Å². The van der Waals surface area contributed by atoms with Crippen LogP contribution in [0.3, 0.4) is 0 Å². The van der Waals surface area contributed by atoms with Crippen LogP contribution < -0.4 is 15.0 Å². The number of halogens is 1. The predicted molar refractivity (Wildman–Crippen MR) is 107 cm³/mol. The first-order chi connectivity index (χ1) is 14.7. The van der Waals surface area contributed by atoms with Crippen molar-refractivity contribution >= 4 is 40.4 Å². The molecule has 160 valence electrons. The molecule has 1 unspecified atom stereocenters. The first-order valence-corrected chi connectivity index (χ1v) is 9.78. The molecule has 10 nitrogen and oxygen atoms in total. The normalized spacial score (nSPS) is 19.5. The number of carboxylic acid groups (broad SMARTS) is 1. The highest BCUT2D eigenvalue weighted by molar-refractivity contribution is 8.15. The van der Waals surface area contributed by atoms with E-state index in [0.717, 1.165) is 17.0 Å². The number of carbonyl (C=O) groups is 3. The fraction of sp³-hybridized carbons (Fsp3) is 0.211. The maximum absolute atomic E-state index is 14.5. The second-order valence-electron chi connectivity index (χ2n) is 6.86. The van der Waals surface area contributed by atoms with Gasteiger partial charge >= 0.3 is 6.09 Å². The molecule has 1 fully saturated rings. The highest BCUT2D eigenvalue weighted by Gasteiger charge is 2.53. The number of nitrogens with one attached hydrogen (secondary N) is 1. The van der Waals surface area contributed by atoms with Crippen LogP contribution in [0.4, 0.5) is 25.4 Å². The Morgan fingerprint density at radius 1 is 1.32 bits per heavy atom. The Hall–Kier alpha value is -3.67. The van der Waals surface area contributed by atoms with Gasteiger partial charge in [-0.2, -0.15) is 0 Å². The molecule has 2 aromatic carbocycles. The number of non-ortho nitro benzene ring substituents is 1. The summed E-state index contributed by atoms with van der Waals surface area (Å²) in [7, 11) is 0. The van der Waals surface area contributed by atoms with Gasteiger partial charge in [-0.3, -0.25) is 29.9 Å². The van der Waals surface area contributed by atoms with Gasteiger partial charge in [0.05, 0.1) is 23.8 Å².